The summed E-state index contributed by atoms with van der Waals surface area (Å²) in [6.07, 6.45) is 3.64. The Labute approximate surface area is 127 Å². The summed E-state index contributed by atoms with van der Waals surface area (Å²) in [7, 11) is 0. The molecule has 0 atom stereocenters. The molecule has 2 nitrogen and oxygen atoms in total. The van der Waals surface area contributed by atoms with Crippen LogP contribution in [0.3, 0.4) is 0 Å². The standard InChI is InChI=1S/C17H13ClFNO/c18-14-5-3-6-15(19)13(14)8-9-17(21)20-11-10-12-4-1-2-7-16(12)20/h1-9H,10-11H2. The molecule has 1 aliphatic heterocycles. The van der Waals surface area contributed by atoms with Crippen molar-refractivity contribution >= 4 is 29.3 Å². The highest BCUT2D eigenvalue weighted by Gasteiger charge is 2.22. The lowest BCUT2D eigenvalue weighted by Crippen LogP contribution is -2.26. The van der Waals surface area contributed by atoms with Gasteiger partial charge in [-0.25, -0.2) is 4.39 Å². The van der Waals surface area contributed by atoms with Crippen molar-refractivity contribution in [3.63, 3.8) is 0 Å². The van der Waals surface area contributed by atoms with Crippen LogP contribution in [0.4, 0.5) is 10.1 Å². The van der Waals surface area contributed by atoms with Crippen molar-refractivity contribution in [2.24, 2.45) is 0 Å². The molecule has 3 rings (SSSR count). The van der Waals surface area contributed by atoms with Crippen LogP contribution in [0.2, 0.25) is 5.02 Å². The number of halogens is 2. The summed E-state index contributed by atoms with van der Waals surface area (Å²) in [6, 6.07) is 12.3. The van der Waals surface area contributed by atoms with Crippen LogP contribution in [-0.2, 0) is 11.2 Å². The van der Waals surface area contributed by atoms with Crippen molar-refractivity contribution < 1.29 is 9.18 Å². The molecule has 0 N–H and O–H groups in total. The van der Waals surface area contributed by atoms with E-state index in [1.54, 1.807) is 11.0 Å². The van der Waals surface area contributed by atoms with E-state index in [-0.39, 0.29) is 11.5 Å². The third-order valence-corrected chi connectivity index (χ3v) is 3.88. The van der Waals surface area contributed by atoms with Crippen molar-refractivity contribution in [3.8, 4) is 0 Å². The van der Waals surface area contributed by atoms with Gasteiger partial charge in [-0.2, -0.15) is 0 Å². The van der Waals surface area contributed by atoms with Gasteiger partial charge >= 0.3 is 0 Å². The Hall–Kier alpha value is -2.13. The monoisotopic (exact) mass is 301 g/mol. The zero-order valence-corrected chi connectivity index (χ0v) is 12.0. The summed E-state index contributed by atoms with van der Waals surface area (Å²) in [5.41, 5.74) is 2.31. The van der Waals surface area contributed by atoms with Gasteiger partial charge in [0.05, 0.1) is 5.02 Å². The van der Waals surface area contributed by atoms with Crippen molar-refractivity contribution in [2.75, 3.05) is 11.4 Å². The van der Waals surface area contributed by atoms with Crippen LogP contribution in [0.5, 0.6) is 0 Å². The summed E-state index contributed by atoms with van der Waals surface area (Å²) >= 11 is 5.94. The highest BCUT2D eigenvalue weighted by molar-refractivity contribution is 6.32. The highest BCUT2D eigenvalue weighted by atomic mass is 35.5. The first-order valence-electron chi connectivity index (χ1n) is 6.68. The molecule has 1 heterocycles. The quantitative estimate of drug-likeness (QED) is 0.765. The van der Waals surface area contributed by atoms with E-state index < -0.39 is 5.82 Å². The van der Waals surface area contributed by atoms with E-state index in [0.29, 0.717) is 11.6 Å². The van der Waals surface area contributed by atoms with Crippen molar-refractivity contribution in [1.82, 2.24) is 0 Å². The average Bonchev–Trinajstić information content (AvgIpc) is 2.90. The first kappa shape index (κ1) is 13.8. The molecule has 0 spiro atoms. The van der Waals surface area contributed by atoms with E-state index >= 15 is 0 Å². The van der Waals surface area contributed by atoms with E-state index in [0.717, 1.165) is 17.7 Å². The number of amides is 1. The molecule has 4 heteroatoms. The Bertz CT molecular complexity index is 706. The smallest absolute Gasteiger partial charge is 0.251 e. The SMILES string of the molecule is O=C(C=Cc1c(F)cccc1Cl)N1CCc2ccccc21. The van der Waals surface area contributed by atoms with E-state index in [1.165, 1.54) is 24.3 Å². The van der Waals surface area contributed by atoms with E-state index in [4.69, 9.17) is 11.6 Å². The van der Waals surface area contributed by atoms with Gasteiger partial charge in [0.2, 0.25) is 0 Å². The largest absolute Gasteiger partial charge is 0.308 e. The molecule has 106 valence electrons. The molecule has 0 saturated heterocycles. The van der Waals surface area contributed by atoms with E-state index in [2.05, 4.69) is 0 Å². The number of anilines is 1. The maximum Gasteiger partial charge on any atom is 0.251 e. The minimum atomic E-state index is -0.437. The maximum atomic E-state index is 13.7. The normalized spacial score (nSPS) is 13.7. The Morgan fingerprint density at radius 2 is 2.00 bits per heavy atom. The molecule has 0 aliphatic carbocycles. The fraction of sp³-hybridized carbons (Fsp3) is 0.118. The molecule has 0 saturated carbocycles. The molecule has 2 aromatic rings. The number of hydrogen-bond acceptors (Lipinski definition) is 1. The van der Waals surface area contributed by atoms with Crippen molar-refractivity contribution in [2.45, 2.75) is 6.42 Å². The predicted molar refractivity (Wildman–Crippen MR) is 82.9 cm³/mol. The number of fused-ring (bicyclic) bond motifs is 1. The zero-order valence-electron chi connectivity index (χ0n) is 11.2. The van der Waals surface area contributed by atoms with Gasteiger partial charge in [-0.1, -0.05) is 35.9 Å². The molecule has 0 fully saturated rings. The second kappa shape index (κ2) is 5.70. The van der Waals surface area contributed by atoms with Gasteiger partial charge in [0.15, 0.2) is 0 Å². The summed E-state index contributed by atoms with van der Waals surface area (Å²) in [4.78, 5) is 14.0. The number of benzene rings is 2. The summed E-state index contributed by atoms with van der Waals surface area (Å²) in [5.74, 6) is -0.604. The van der Waals surface area contributed by atoms with E-state index in [9.17, 15) is 9.18 Å². The lowest BCUT2D eigenvalue weighted by molar-refractivity contribution is -0.114. The van der Waals surface area contributed by atoms with Crippen molar-refractivity contribution in [3.05, 3.63) is 70.5 Å². The molecule has 0 aromatic heterocycles. The van der Waals surface area contributed by atoms with Gasteiger partial charge in [0, 0.05) is 23.9 Å². The van der Waals surface area contributed by atoms with Crippen LogP contribution < -0.4 is 4.90 Å². The third-order valence-electron chi connectivity index (χ3n) is 3.55. The number of rotatable bonds is 2. The highest BCUT2D eigenvalue weighted by Crippen LogP contribution is 2.28. The number of para-hydroxylation sites is 1. The van der Waals surface area contributed by atoms with Gasteiger partial charge in [-0.15, -0.1) is 0 Å². The molecule has 0 radical (unpaired) electrons. The van der Waals surface area contributed by atoms with Crippen LogP contribution in [0, 0.1) is 5.82 Å². The number of nitrogens with zero attached hydrogens (tertiary/aromatic N) is 1. The zero-order chi connectivity index (χ0) is 14.8. The molecular weight excluding hydrogens is 289 g/mol. The summed E-state index contributed by atoms with van der Waals surface area (Å²) < 4.78 is 13.7. The molecule has 1 aliphatic rings. The lowest BCUT2D eigenvalue weighted by Gasteiger charge is -2.14. The second-order valence-electron chi connectivity index (χ2n) is 4.84. The molecule has 2 aromatic carbocycles. The Kier molecular flexibility index (Phi) is 3.76. The first-order chi connectivity index (χ1) is 10.2. The van der Waals surface area contributed by atoms with Crippen LogP contribution in [-0.4, -0.2) is 12.5 Å². The molecule has 0 unspecified atom stereocenters. The molecular formula is C17H13ClFNO. The van der Waals surface area contributed by atoms with Gasteiger partial charge in [0.25, 0.3) is 5.91 Å². The lowest BCUT2D eigenvalue weighted by atomic mass is 10.2. The topological polar surface area (TPSA) is 20.3 Å². The van der Waals surface area contributed by atoms with Crippen LogP contribution in [0.1, 0.15) is 11.1 Å². The van der Waals surface area contributed by atoms with Gasteiger partial charge < -0.3 is 4.90 Å². The number of carbonyl (C=O) groups excluding carboxylic acids is 1. The Morgan fingerprint density at radius 3 is 2.81 bits per heavy atom. The van der Waals surface area contributed by atoms with Gasteiger partial charge in [-0.05, 0) is 36.3 Å². The minimum Gasteiger partial charge on any atom is -0.308 e. The summed E-state index contributed by atoms with van der Waals surface area (Å²) in [5, 5.41) is 0.292. The molecule has 1 amide bonds. The predicted octanol–water partition coefficient (Wildman–Crippen LogP) is 4.08. The van der Waals surface area contributed by atoms with Crippen molar-refractivity contribution in [1.29, 1.82) is 0 Å². The van der Waals surface area contributed by atoms with Gasteiger partial charge in [-0.3, -0.25) is 4.79 Å². The van der Waals surface area contributed by atoms with Gasteiger partial charge in [0.1, 0.15) is 5.82 Å². The van der Waals surface area contributed by atoms with E-state index in [1.807, 2.05) is 24.3 Å². The minimum absolute atomic E-state index is 0.167. The fourth-order valence-electron chi connectivity index (χ4n) is 2.48. The van der Waals surface area contributed by atoms with Crippen LogP contribution >= 0.6 is 11.6 Å². The Balaban J connectivity index is 1.83. The average molecular weight is 302 g/mol. The fourth-order valence-corrected chi connectivity index (χ4v) is 2.71. The molecule has 0 bridgehead atoms. The maximum absolute atomic E-state index is 13.7. The number of hydrogen-bond donors (Lipinski definition) is 0. The summed E-state index contributed by atoms with van der Waals surface area (Å²) in [6.45, 7) is 0.646. The van der Waals surface area contributed by atoms with Crippen LogP contribution in [0.15, 0.2) is 48.5 Å². The first-order valence-corrected chi connectivity index (χ1v) is 7.06. The Morgan fingerprint density at radius 1 is 1.19 bits per heavy atom. The number of carbonyl (C=O) groups is 1. The molecule has 21 heavy (non-hydrogen) atoms. The third kappa shape index (κ3) is 2.69. The second-order valence-corrected chi connectivity index (χ2v) is 5.24. The van der Waals surface area contributed by atoms with Crippen LogP contribution in [0.25, 0.3) is 6.08 Å².